The Labute approximate surface area is 384 Å². The molecule has 3 heteroatoms. The first-order valence-corrected chi connectivity index (χ1v) is 22.8. The van der Waals surface area contributed by atoms with Crippen LogP contribution in [-0.2, 0) is 5.41 Å². The van der Waals surface area contributed by atoms with E-state index in [4.69, 9.17) is 4.42 Å². The molecule has 2 heterocycles. The van der Waals surface area contributed by atoms with Gasteiger partial charge in [0, 0.05) is 49.7 Å². The summed E-state index contributed by atoms with van der Waals surface area (Å²) in [5.74, 6) is 0. The minimum atomic E-state index is -0.159. The standard InChI is InChI=1S/C63H44N2O/c1-63(2)55-36-27-46(42-15-7-4-8-16-42)39-54(55)51-35-34-50(40-56(51)63)64(47-28-21-43(22-29-47)41-13-5-3-6-14-41)48-30-23-44(24-31-48)45-25-32-49(33-26-45)65-57-19-11-9-17-52(57)61-58(65)37-38-60-62(61)53-18-10-12-20-59(53)66-60/h3-40H,1-2H3. The van der Waals surface area contributed by atoms with Gasteiger partial charge >= 0.3 is 0 Å². The Kier molecular flexibility index (Phi) is 8.56. The molecule has 312 valence electrons. The average Bonchev–Trinajstić information content (AvgIpc) is 4.00. The molecule has 10 aromatic carbocycles. The lowest BCUT2D eigenvalue weighted by molar-refractivity contribution is 0.660. The van der Waals surface area contributed by atoms with Crippen LogP contribution >= 0.6 is 0 Å². The van der Waals surface area contributed by atoms with Crippen molar-refractivity contribution in [3.8, 4) is 50.2 Å². The number of hydrogen-bond acceptors (Lipinski definition) is 2. The lowest BCUT2D eigenvalue weighted by Gasteiger charge is -2.28. The van der Waals surface area contributed by atoms with Crippen molar-refractivity contribution in [3.63, 3.8) is 0 Å². The number of rotatable bonds is 7. The molecular formula is C63H44N2O. The highest BCUT2D eigenvalue weighted by Crippen LogP contribution is 2.52. The molecule has 0 radical (unpaired) electrons. The van der Waals surface area contributed by atoms with Gasteiger partial charge in [-0.3, -0.25) is 0 Å². The zero-order valence-electron chi connectivity index (χ0n) is 36.7. The smallest absolute Gasteiger partial charge is 0.136 e. The van der Waals surface area contributed by atoms with Gasteiger partial charge in [0.2, 0.25) is 0 Å². The van der Waals surface area contributed by atoms with Gasteiger partial charge in [-0.15, -0.1) is 0 Å². The van der Waals surface area contributed by atoms with Crippen LogP contribution in [-0.4, -0.2) is 4.57 Å². The first-order valence-electron chi connectivity index (χ1n) is 22.8. The van der Waals surface area contributed by atoms with Gasteiger partial charge in [0.05, 0.1) is 11.0 Å². The molecule has 0 saturated heterocycles. The van der Waals surface area contributed by atoms with Crippen LogP contribution in [0, 0.1) is 0 Å². The normalized spacial score (nSPS) is 12.8. The third-order valence-electron chi connectivity index (χ3n) is 14.0. The maximum atomic E-state index is 6.33. The Morgan fingerprint density at radius 3 is 1.59 bits per heavy atom. The molecule has 0 spiro atoms. The Balaban J connectivity index is 0.875. The summed E-state index contributed by atoms with van der Waals surface area (Å²) in [7, 11) is 0. The molecule has 12 aromatic rings. The number of nitrogens with zero attached hydrogens (tertiary/aromatic N) is 2. The topological polar surface area (TPSA) is 21.3 Å². The molecule has 1 aliphatic carbocycles. The molecule has 66 heavy (non-hydrogen) atoms. The Morgan fingerprint density at radius 1 is 0.364 bits per heavy atom. The van der Waals surface area contributed by atoms with E-state index in [-0.39, 0.29) is 5.41 Å². The minimum absolute atomic E-state index is 0.159. The van der Waals surface area contributed by atoms with Crippen molar-refractivity contribution in [1.82, 2.24) is 4.57 Å². The molecule has 0 atom stereocenters. The largest absolute Gasteiger partial charge is 0.456 e. The van der Waals surface area contributed by atoms with Crippen LogP contribution in [0.15, 0.2) is 235 Å². The van der Waals surface area contributed by atoms with E-state index in [1.165, 1.54) is 82.8 Å². The second kappa shape index (κ2) is 14.8. The number of furan rings is 1. The Bertz CT molecular complexity index is 3800. The van der Waals surface area contributed by atoms with Crippen molar-refractivity contribution >= 4 is 60.8 Å². The summed E-state index contributed by atoms with van der Waals surface area (Å²) in [4.78, 5) is 2.40. The van der Waals surface area contributed by atoms with Crippen molar-refractivity contribution in [2.45, 2.75) is 19.3 Å². The van der Waals surface area contributed by atoms with Gasteiger partial charge in [0.15, 0.2) is 0 Å². The number of hydrogen-bond donors (Lipinski definition) is 0. The van der Waals surface area contributed by atoms with Crippen LogP contribution in [0.1, 0.15) is 25.0 Å². The summed E-state index contributed by atoms with van der Waals surface area (Å²) >= 11 is 0. The molecule has 1 aliphatic rings. The van der Waals surface area contributed by atoms with Crippen LogP contribution < -0.4 is 4.90 Å². The molecule has 2 aromatic heterocycles. The van der Waals surface area contributed by atoms with E-state index in [9.17, 15) is 0 Å². The first kappa shape index (κ1) is 38.1. The van der Waals surface area contributed by atoms with E-state index in [1.807, 2.05) is 6.07 Å². The fourth-order valence-electron chi connectivity index (χ4n) is 10.7. The molecule has 0 unspecified atom stereocenters. The quantitative estimate of drug-likeness (QED) is 0.159. The summed E-state index contributed by atoms with van der Waals surface area (Å²) in [6.07, 6.45) is 0. The first-order chi connectivity index (χ1) is 32.5. The highest BCUT2D eigenvalue weighted by Gasteiger charge is 2.36. The van der Waals surface area contributed by atoms with E-state index in [0.29, 0.717) is 0 Å². The van der Waals surface area contributed by atoms with Crippen LogP contribution in [0.4, 0.5) is 17.1 Å². The third kappa shape index (κ3) is 5.97. The predicted octanol–water partition coefficient (Wildman–Crippen LogP) is 17.5. The maximum Gasteiger partial charge on any atom is 0.136 e. The highest BCUT2D eigenvalue weighted by molar-refractivity contribution is 6.27. The Morgan fingerprint density at radius 2 is 0.909 bits per heavy atom. The molecule has 0 fully saturated rings. The third-order valence-corrected chi connectivity index (χ3v) is 14.0. The van der Waals surface area contributed by atoms with Gasteiger partial charge in [-0.05, 0) is 134 Å². The fraction of sp³-hybridized carbons (Fsp3) is 0.0476. The monoisotopic (exact) mass is 844 g/mol. The van der Waals surface area contributed by atoms with E-state index in [1.54, 1.807) is 0 Å². The SMILES string of the molecule is CC1(C)c2ccc(-c3ccccc3)cc2-c2ccc(N(c3ccc(-c4ccccc4)cc3)c3ccc(-c4ccc(-n5c6ccccc6c6c7c(ccc65)oc5ccccc57)cc4)cc3)cc21. The molecular weight excluding hydrogens is 801 g/mol. The van der Waals surface area contributed by atoms with E-state index in [0.717, 1.165) is 39.3 Å². The van der Waals surface area contributed by atoms with Gasteiger partial charge in [-0.25, -0.2) is 0 Å². The van der Waals surface area contributed by atoms with E-state index in [2.05, 4.69) is 248 Å². The van der Waals surface area contributed by atoms with Crippen LogP contribution in [0.2, 0.25) is 0 Å². The predicted molar refractivity (Wildman–Crippen MR) is 277 cm³/mol. The number of fused-ring (bicyclic) bond motifs is 10. The van der Waals surface area contributed by atoms with Crippen LogP contribution in [0.25, 0.3) is 93.9 Å². The molecule has 0 N–H and O–H groups in total. The summed E-state index contributed by atoms with van der Waals surface area (Å²) in [6.45, 7) is 4.73. The highest BCUT2D eigenvalue weighted by atomic mass is 16.3. The van der Waals surface area contributed by atoms with Gasteiger partial charge in [-0.1, -0.05) is 166 Å². The zero-order valence-corrected chi connectivity index (χ0v) is 36.7. The summed E-state index contributed by atoms with van der Waals surface area (Å²) in [5.41, 5.74) is 21.0. The summed E-state index contributed by atoms with van der Waals surface area (Å²) in [6, 6.07) is 83.8. The van der Waals surface area contributed by atoms with Crippen molar-refractivity contribution < 1.29 is 4.42 Å². The molecule has 3 nitrogen and oxygen atoms in total. The van der Waals surface area contributed by atoms with E-state index < -0.39 is 0 Å². The average molecular weight is 845 g/mol. The lowest BCUT2D eigenvalue weighted by atomic mass is 9.82. The molecule has 13 rings (SSSR count). The summed E-state index contributed by atoms with van der Waals surface area (Å²) < 4.78 is 8.71. The van der Waals surface area contributed by atoms with Crippen molar-refractivity contribution in [2.75, 3.05) is 4.90 Å². The molecule has 0 bridgehead atoms. The second-order valence-electron chi connectivity index (χ2n) is 18.1. The zero-order chi connectivity index (χ0) is 43.9. The Hall–Kier alpha value is -8.40. The van der Waals surface area contributed by atoms with Crippen molar-refractivity contribution in [2.24, 2.45) is 0 Å². The van der Waals surface area contributed by atoms with E-state index >= 15 is 0 Å². The fourth-order valence-corrected chi connectivity index (χ4v) is 10.7. The van der Waals surface area contributed by atoms with Gasteiger partial charge in [0.1, 0.15) is 11.2 Å². The maximum absolute atomic E-state index is 6.33. The summed E-state index contributed by atoms with van der Waals surface area (Å²) in [5, 5.41) is 4.76. The number of aromatic nitrogens is 1. The van der Waals surface area contributed by atoms with Crippen molar-refractivity contribution in [1.29, 1.82) is 0 Å². The minimum Gasteiger partial charge on any atom is -0.456 e. The molecule has 0 saturated carbocycles. The lowest BCUT2D eigenvalue weighted by Crippen LogP contribution is -2.16. The van der Waals surface area contributed by atoms with Gasteiger partial charge in [0.25, 0.3) is 0 Å². The number of para-hydroxylation sites is 2. The molecule has 0 amide bonds. The van der Waals surface area contributed by atoms with Crippen molar-refractivity contribution in [3.05, 3.63) is 242 Å². The van der Waals surface area contributed by atoms with Gasteiger partial charge in [-0.2, -0.15) is 0 Å². The number of anilines is 3. The van der Waals surface area contributed by atoms with Crippen LogP contribution in [0.3, 0.4) is 0 Å². The van der Waals surface area contributed by atoms with Crippen LogP contribution in [0.5, 0.6) is 0 Å². The molecule has 0 aliphatic heterocycles. The number of benzene rings is 10. The van der Waals surface area contributed by atoms with Gasteiger partial charge < -0.3 is 13.9 Å². The second-order valence-corrected chi connectivity index (χ2v) is 18.1.